The van der Waals surface area contributed by atoms with Gasteiger partial charge in [-0.3, -0.25) is 4.79 Å². The van der Waals surface area contributed by atoms with Gasteiger partial charge >= 0.3 is 0 Å². The molecule has 1 N–H and O–H groups in total. The van der Waals surface area contributed by atoms with Crippen molar-refractivity contribution >= 4 is 5.91 Å². The van der Waals surface area contributed by atoms with Crippen molar-refractivity contribution in [2.24, 2.45) is 0 Å². The average molecular weight is 255 g/mol. The van der Waals surface area contributed by atoms with Crippen LogP contribution in [0.1, 0.15) is 18.4 Å². The van der Waals surface area contributed by atoms with Crippen molar-refractivity contribution in [3.63, 3.8) is 0 Å². The summed E-state index contributed by atoms with van der Waals surface area (Å²) in [5.74, 6) is -1.34. The number of nitrogens with one attached hydrogen (secondary N) is 1. The Morgan fingerprint density at radius 3 is 2.94 bits per heavy atom. The van der Waals surface area contributed by atoms with Crippen LogP contribution in [-0.4, -0.2) is 25.2 Å². The summed E-state index contributed by atoms with van der Waals surface area (Å²) in [6.07, 6.45) is 1.59. The molecule has 1 saturated heterocycles. The second-order valence-corrected chi connectivity index (χ2v) is 4.28. The summed E-state index contributed by atoms with van der Waals surface area (Å²) in [6.45, 7) is 0.936. The normalized spacial score (nSPS) is 18.9. The number of halogens is 2. The lowest BCUT2D eigenvalue weighted by atomic mass is 10.1. The van der Waals surface area contributed by atoms with Crippen LogP contribution in [0.15, 0.2) is 18.2 Å². The second-order valence-electron chi connectivity index (χ2n) is 4.28. The van der Waals surface area contributed by atoms with Gasteiger partial charge in [0.05, 0.1) is 0 Å². The first-order valence-electron chi connectivity index (χ1n) is 6.00. The van der Waals surface area contributed by atoms with Gasteiger partial charge in [-0.2, -0.15) is 0 Å². The van der Waals surface area contributed by atoms with Crippen LogP contribution in [0.3, 0.4) is 0 Å². The smallest absolute Gasteiger partial charge is 0.249 e. The molecule has 1 aliphatic heterocycles. The molecule has 2 rings (SSSR count). The zero-order valence-electron chi connectivity index (χ0n) is 9.92. The van der Waals surface area contributed by atoms with E-state index in [1.807, 2.05) is 0 Å². The standard InChI is InChI=1S/C13H15F2NO2/c14-10-4-3-9(11(15)8-10)5-6-16-13(17)12-2-1-7-18-12/h3-4,8,12H,1-2,5-7H2,(H,16,17). The SMILES string of the molecule is O=C(NCCc1ccc(F)cc1F)C1CCCO1. The van der Waals surface area contributed by atoms with Crippen LogP contribution in [0.25, 0.3) is 0 Å². The lowest BCUT2D eigenvalue weighted by Gasteiger charge is -2.10. The molecule has 3 nitrogen and oxygen atoms in total. The summed E-state index contributed by atoms with van der Waals surface area (Å²) < 4.78 is 31.2. The molecule has 1 atom stereocenters. The quantitative estimate of drug-likeness (QED) is 0.891. The van der Waals surface area contributed by atoms with Gasteiger partial charge in [-0.1, -0.05) is 6.07 Å². The first-order chi connectivity index (χ1) is 8.66. The van der Waals surface area contributed by atoms with Gasteiger partial charge in [-0.25, -0.2) is 8.78 Å². The molecule has 1 unspecified atom stereocenters. The van der Waals surface area contributed by atoms with Crippen molar-refractivity contribution in [3.05, 3.63) is 35.4 Å². The molecule has 1 amide bonds. The molecule has 1 aromatic carbocycles. The highest BCUT2D eigenvalue weighted by Crippen LogP contribution is 2.12. The lowest BCUT2D eigenvalue weighted by molar-refractivity contribution is -0.129. The number of amides is 1. The molecule has 18 heavy (non-hydrogen) atoms. The number of ether oxygens (including phenoxy) is 1. The Morgan fingerprint density at radius 2 is 2.28 bits per heavy atom. The first-order valence-corrected chi connectivity index (χ1v) is 6.00. The van der Waals surface area contributed by atoms with Crippen LogP contribution < -0.4 is 5.32 Å². The van der Waals surface area contributed by atoms with Gasteiger partial charge in [0, 0.05) is 19.2 Å². The third kappa shape index (κ3) is 3.26. The molecule has 1 fully saturated rings. The zero-order chi connectivity index (χ0) is 13.0. The van der Waals surface area contributed by atoms with E-state index in [0.717, 1.165) is 18.9 Å². The number of rotatable bonds is 4. The number of hydrogen-bond donors (Lipinski definition) is 1. The maximum Gasteiger partial charge on any atom is 0.249 e. The fourth-order valence-electron chi connectivity index (χ4n) is 1.94. The number of carbonyl (C=O) groups is 1. The fraction of sp³-hybridized carbons (Fsp3) is 0.462. The van der Waals surface area contributed by atoms with E-state index in [2.05, 4.69) is 5.32 Å². The molecular formula is C13H15F2NO2. The summed E-state index contributed by atoms with van der Waals surface area (Å²) in [5.41, 5.74) is 0.393. The topological polar surface area (TPSA) is 38.3 Å². The molecule has 1 aromatic rings. The number of carbonyl (C=O) groups excluding carboxylic acids is 1. The van der Waals surface area contributed by atoms with E-state index in [1.165, 1.54) is 12.1 Å². The lowest BCUT2D eigenvalue weighted by Crippen LogP contribution is -2.35. The van der Waals surface area contributed by atoms with Gasteiger partial charge in [-0.05, 0) is 30.9 Å². The van der Waals surface area contributed by atoms with Crippen LogP contribution in [0, 0.1) is 11.6 Å². The van der Waals surface area contributed by atoms with E-state index in [4.69, 9.17) is 4.74 Å². The van der Waals surface area contributed by atoms with Crippen molar-refractivity contribution in [2.75, 3.05) is 13.2 Å². The Balaban J connectivity index is 1.79. The summed E-state index contributed by atoms with van der Waals surface area (Å²) in [6, 6.07) is 3.44. The first kappa shape index (κ1) is 13.0. The Kier molecular flexibility index (Phi) is 4.25. The summed E-state index contributed by atoms with van der Waals surface area (Å²) in [4.78, 5) is 11.6. The van der Waals surface area contributed by atoms with E-state index in [-0.39, 0.29) is 12.0 Å². The number of hydrogen-bond acceptors (Lipinski definition) is 2. The van der Waals surface area contributed by atoms with Crippen LogP contribution in [0.2, 0.25) is 0 Å². The Labute approximate surface area is 104 Å². The van der Waals surface area contributed by atoms with E-state index in [1.54, 1.807) is 0 Å². The van der Waals surface area contributed by atoms with Crippen LogP contribution in [0.4, 0.5) is 8.78 Å². The van der Waals surface area contributed by atoms with Gasteiger partial charge < -0.3 is 10.1 Å². The molecule has 0 aromatic heterocycles. The van der Waals surface area contributed by atoms with E-state index < -0.39 is 11.6 Å². The molecule has 0 aliphatic carbocycles. The number of benzene rings is 1. The van der Waals surface area contributed by atoms with Crippen LogP contribution in [-0.2, 0) is 16.0 Å². The monoisotopic (exact) mass is 255 g/mol. The van der Waals surface area contributed by atoms with Crippen molar-refractivity contribution in [2.45, 2.75) is 25.4 Å². The van der Waals surface area contributed by atoms with Gasteiger partial charge in [0.25, 0.3) is 0 Å². The second kappa shape index (κ2) is 5.91. The third-order valence-corrected chi connectivity index (χ3v) is 2.93. The minimum Gasteiger partial charge on any atom is -0.368 e. The van der Waals surface area contributed by atoms with Gasteiger partial charge in [0.2, 0.25) is 5.91 Å². The molecule has 98 valence electrons. The highest BCUT2D eigenvalue weighted by Gasteiger charge is 2.22. The Morgan fingerprint density at radius 1 is 1.44 bits per heavy atom. The zero-order valence-corrected chi connectivity index (χ0v) is 9.92. The maximum atomic E-state index is 13.3. The molecule has 0 radical (unpaired) electrons. The minimum atomic E-state index is -0.598. The maximum absolute atomic E-state index is 13.3. The largest absolute Gasteiger partial charge is 0.368 e. The van der Waals surface area contributed by atoms with Gasteiger partial charge in [-0.15, -0.1) is 0 Å². The van der Waals surface area contributed by atoms with Crippen molar-refractivity contribution in [1.29, 1.82) is 0 Å². The van der Waals surface area contributed by atoms with Gasteiger partial charge in [0.15, 0.2) is 0 Å². The Bertz CT molecular complexity index is 431. The predicted octanol–water partition coefficient (Wildman–Crippen LogP) is 1.80. The van der Waals surface area contributed by atoms with Gasteiger partial charge in [0.1, 0.15) is 17.7 Å². The Hall–Kier alpha value is -1.49. The highest BCUT2D eigenvalue weighted by atomic mass is 19.1. The van der Waals surface area contributed by atoms with Crippen molar-refractivity contribution in [1.82, 2.24) is 5.32 Å². The molecule has 1 heterocycles. The van der Waals surface area contributed by atoms with Crippen LogP contribution >= 0.6 is 0 Å². The fourth-order valence-corrected chi connectivity index (χ4v) is 1.94. The molecule has 0 saturated carbocycles. The summed E-state index contributed by atoms with van der Waals surface area (Å²) in [7, 11) is 0. The van der Waals surface area contributed by atoms with Crippen molar-refractivity contribution in [3.8, 4) is 0 Å². The van der Waals surface area contributed by atoms with E-state index >= 15 is 0 Å². The molecule has 1 aliphatic rings. The summed E-state index contributed by atoms with van der Waals surface area (Å²) in [5, 5.41) is 2.69. The predicted molar refractivity (Wildman–Crippen MR) is 62.0 cm³/mol. The minimum absolute atomic E-state index is 0.157. The highest BCUT2D eigenvalue weighted by molar-refractivity contribution is 5.80. The molecular weight excluding hydrogens is 240 g/mol. The molecule has 5 heteroatoms. The van der Waals surface area contributed by atoms with Crippen LogP contribution in [0.5, 0.6) is 0 Å². The third-order valence-electron chi connectivity index (χ3n) is 2.93. The summed E-state index contributed by atoms with van der Waals surface area (Å²) >= 11 is 0. The van der Waals surface area contributed by atoms with Crippen molar-refractivity contribution < 1.29 is 18.3 Å². The average Bonchev–Trinajstić information content (AvgIpc) is 2.85. The van der Waals surface area contributed by atoms with E-state index in [9.17, 15) is 13.6 Å². The molecule has 0 spiro atoms. The molecule has 0 bridgehead atoms. The van der Waals surface area contributed by atoms with E-state index in [0.29, 0.717) is 25.1 Å².